The molecule has 17 heavy (non-hydrogen) atoms. The van der Waals surface area contributed by atoms with E-state index in [4.69, 9.17) is 0 Å². The predicted octanol–water partition coefficient (Wildman–Crippen LogP) is 3.50. The number of hydrogen-bond acceptors (Lipinski definition) is 2. The number of rotatable bonds is 3. The van der Waals surface area contributed by atoms with Crippen LogP contribution in [0.1, 0.15) is 5.56 Å². The summed E-state index contributed by atoms with van der Waals surface area (Å²) in [7, 11) is 0. The summed E-state index contributed by atoms with van der Waals surface area (Å²) in [5, 5.41) is 0. The Morgan fingerprint density at radius 1 is 1.06 bits per heavy atom. The van der Waals surface area contributed by atoms with Crippen LogP contribution in [-0.2, 0) is 16.8 Å². The summed E-state index contributed by atoms with van der Waals surface area (Å²) in [5.41, 5.74) is 2.97. The highest BCUT2D eigenvalue weighted by Crippen LogP contribution is 2.27. The van der Waals surface area contributed by atoms with Gasteiger partial charge in [0.25, 0.3) is 0 Å². The molecule has 0 bridgehead atoms. The SMILES string of the molecule is O=S([O-])Cc1ccc(-c2ccccc2Br)cc1. The molecule has 1 unspecified atom stereocenters. The minimum Gasteiger partial charge on any atom is -0.772 e. The lowest BCUT2D eigenvalue weighted by Crippen LogP contribution is -1.92. The van der Waals surface area contributed by atoms with E-state index in [1.807, 2.05) is 48.5 Å². The molecule has 0 saturated heterocycles. The van der Waals surface area contributed by atoms with Crippen LogP contribution in [0.3, 0.4) is 0 Å². The highest BCUT2D eigenvalue weighted by atomic mass is 79.9. The van der Waals surface area contributed by atoms with E-state index in [-0.39, 0.29) is 5.75 Å². The lowest BCUT2D eigenvalue weighted by atomic mass is 10.0. The van der Waals surface area contributed by atoms with E-state index >= 15 is 0 Å². The van der Waals surface area contributed by atoms with Gasteiger partial charge in [0.05, 0.1) is 0 Å². The summed E-state index contributed by atoms with van der Waals surface area (Å²) in [6, 6.07) is 15.5. The molecule has 0 fully saturated rings. The molecule has 0 amide bonds. The van der Waals surface area contributed by atoms with Crippen LogP contribution >= 0.6 is 15.9 Å². The Morgan fingerprint density at radius 2 is 1.71 bits per heavy atom. The van der Waals surface area contributed by atoms with Crippen LogP contribution in [-0.4, -0.2) is 8.76 Å². The van der Waals surface area contributed by atoms with E-state index in [0.29, 0.717) is 0 Å². The van der Waals surface area contributed by atoms with Crippen molar-refractivity contribution < 1.29 is 8.76 Å². The average molecular weight is 310 g/mol. The van der Waals surface area contributed by atoms with Gasteiger partial charge in [-0.3, -0.25) is 4.21 Å². The van der Waals surface area contributed by atoms with Gasteiger partial charge in [-0.05, 0) is 22.8 Å². The Balaban J connectivity index is 2.30. The van der Waals surface area contributed by atoms with E-state index in [9.17, 15) is 8.76 Å². The molecular formula is C13H10BrO2S-. The zero-order valence-electron chi connectivity index (χ0n) is 8.93. The molecule has 0 spiro atoms. The molecule has 0 heterocycles. The normalized spacial score (nSPS) is 12.4. The van der Waals surface area contributed by atoms with Crippen LogP contribution in [0.2, 0.25) is 0 Å². The van der Waals surface area contributed by atoms with Crippen LogP contribution < -0.4 is 0 Å². The number of hydrogen-bond donors (Lipinski definition) is 0. The minimum atomic E-state index is -2.03. The van der Waals surface area contributed by atoms with Gasteiger partial charge in [-0.25, -0.2) is 0 Å². The first-order chi connectivity index (χ1) is 8.16. The molecule has 2 nitrogen and oxygen atoms in total. The van der Waals surface area contributed by atoms with Crippen molar-refractivity contribution in [1.29, 1.82) is 0 Å². The maximum atomic E-state index is 10.6. The van der Waals surface area contributed by atoms with Gasteiger partial charge in [0.1, 0.15) is 0 Å². The molecule has 0 radical (unpaired) electrons. The third-order valence-electron chi connectivity index (χ3n) is 2.42. The zero-order chi connectivity index (χ0) is 12.3. The maximum Gasteiger partial charge on any atom is 0.0353 e. The van der Waals surface area contributed by atoms with Gasteiger partial charge in [-0.15, -0.1) is 0 Å². The first-order valence-corrected chi connectivity index (χ1v) is 7.10. The van der Waals surface area contributed by atoms with Crippen molar-refractivity contribution in [3.63, 3.8) is 0 Å². The predicted molar refractivity (Wildman–Crippen MR) is 72.2 cm³/mol. The van der Waals surface area contributed by atoms with Gasteiger partial charge >= 0.3 is 0 Å². The maximum absolute atomic E-state index is 10.6. The fourth-order valence-corrected chi connectivity index (χ4v) is 2.59. The van der Waals surface area contributed by atoms with Gasteiger partial charge in [-0.1, -0.05) is 69.5 Å². The van der Waals surface area contributed by atoms with Gasteiger partial charge < -0.3 is 4.55 Å². The number of benzene rings is 2. The molecule has 1 atom stereocenters. The van der Waals surface area contributed by atoms with Gasteiger partial charge in [0.15, 0.2) is 0 Å². The monoisotopic (exact) mass is 309 g/mol. The molecule has 88 valence electrons. The zero-order valence-corrected chi connectivity index (χ0v) is 11.3. The van der Waals surface area contributed by atoms with Gasteiger partial charge in [-0.2, -0.15) is 0 Å². The first-order valence-electron chi connectivity index (χ1n) is 5.06. The summed E-state index contributed by atoms with van der Waals surface area (Å²) in [6.07, 6.45) is 0. The van der Waals surface area contributed by atoms with E-state index in [1.165, 1.54) is 0 Å². The second-order valence-corrected chi connectivity index (χ2v) is 5.38. The lowest BCUT2D eigenvalue weighted by molar-refractivity contribution is 0.536. The molecule has 2 aromatic carbocycles. The first kappa shape index (κ1) is 12.5. The van der Waals surface area contributed by atoms with Crippen molar-refractivity contribution >= 4 is 27.0 Å². The fourth-order valence-electron chi connectivity index (χ4n) is 1.61. The van der Waals surface area contributed by atoms with Crippen molar-refractivity contribution in [3.8, 4) is 11.1 Å². The summed E-state index contributed by atoms with van der Waals surface area (Å²) in [4.78, 5) is 0. The molecule has 2 aromatic rings. The lowest BCUT2D eigenvalue weighted by Gasteiger charge is -2.07. The van der Waals surface area contributed by atoms with Crippen LogP contribution in [0.15, 0.2) is 53.0 Å². The van der Waals surface area contributed by atoms with Crippen molar-refractivity contribution in [1.82, 2.24) is 0 Å². The van der Waals surface area contributed by atoms with Crippen molar-refractivity contribution in [2.24, 2.45) is 0 Å². The molecule has 4 heteroatoms. The Kier molecular flexibility index (Phi) is 4.10. The standard InChI is InChI=1S/C13H11BrO2S/c14-13-4-2-1-3-12(13)11-7-5-10(6-8-11)9-17(15)16/h1-8H,9H2,(H,15,16)/p-1. The van der Waals surface area contributed by atoms with Crippen LogP contribution in [0.5, 0.6) is 0 Å². The highest BCUT2D eigenvalue weighted by molar-refractivity contribution is 9.10. The molecule has 0 aliphatic carbocycles. The van der Waals surface area contributed by atoms with Crippen molar-refractivity contribution in [2.75, 3.05) is 0 Å². The minimum absolute atomic E-state index is 0.0657. The summed E-state index contributed by atoms with van der Waals surface area (Å²) < 4.78 is 22.2. The van der Waals surface area contributed by atoms with Gasteiger partial charge in [0, 0.05) is 10.2 Å². The Bertz CT molecular complexity index is 537. The quantitative estimate of drug-likeness (QED) is 0.814. The van der Waals surface area contributed by atoms with E-state index in [0.717, 1.165) is 21.2 Å². The van der Waals surface area contributed by atoms with Crippen molar-refractivity contribution in [2.45, 2.75) is 5.75 Å². The van der Waals surface area contributed by atoms with Crippen molar-refractivity contribution in [3.05, 3.63) is 58.6 Å². The molecule has 0 aliphatic heterocycles. The Morgan fingerprint density at radius 3 is 2.29 bits per heavy atom. The second kappa shape index (κ2) is 5.58. The molecule has 0 N–H and O–H groups in total. The summed E-state index contributed by atoms with van der Waals surface area (Å²) in [6.45, 7) is 0. The van der Waals surface area contributed by atoms with Crippen LogP contribution in [0.4, 0.5) is 0 Å². The Labute approximate surface area is 111 Å². The molecule has 0 saturated carbocycles. The third kappa shape index (κ3) is 3.25. The van der Waals surface area contributed by atoms with Gasteiger partial charge in [0.2, 0.25) is 0 Å². The smallest absolute Gasteiger partial charge is 0.0353 e. The summed E-state index contributed by atoms with van der Waals surface area (Å²) >= 11 is 1.46. The molecule has 0 aliphatic rings. The molecular weight excluding hydrogens is 300 g/mol. The fraction of sp³-hybridized carbons (Fsp3) is 0.0769. The second-order valence-electron chi connectivity index (χ2n) is 3.62. The highest BCUT2D eigenvalue weighted by Gasteiger charge is 2.01. The summed E-state index contributed by atoms with van der Waals surface area (Å²) in [5.74, 6) is 0.0657. The van der Waals surface area contributed by atoms with E-state index in [2.05, 4.69) is 15.9 Å². The van der Waals surface area contributed by atoms with Crippen LogP contribution in [0, 0.1) is 0 Å². The van der Waals surface area contributed by atoms with E-state index in [1.54, 1.807) is 0 Å². The average Bonchev–Trinajstić information content (AvgIpc) is 2.30. The number of halogens is 1. The largest absolute Gasteiger partial charge is 0.772 e. The van der Waals surface area contributed by atoms with Crippen LogP contribution in [0.25, 0.3) is 11.1 Å². The molecule has 2 rings (SSSR count). The Hall–Kier alpha value is -0.970. The van der Waals surface area contributed by atoms with E-state index < -0.39 is 11.1 Å². The third-order valence-corrected chi connectivity index (χ3v) is 3.68. The topological polar surface area (TPSA) is 40.1 Å². The molecule has 0 aromatic heterocycles.